The van der Waals surface area contributed by atoms with Gasteiger partial charge in [0.2, 0.25) is 5.03 Å². The van der Waals surface area contributed by atoms with Crippen molar-refractivity contribution >= 4 is 21.6 Å². The fourth-order valence-corrected chi connectivity index (χ4v) is 3.73. The molecule has 1 aromatic carbocycles. The molecule has 0 fully saturated rings. The number of halogens is 1. The number of aliphatic hydroxyl groups excluding tert-OH is 1. The van der Waals surface area contributed by atoms with Crippen LogP contribution in [0.2, 0.25) is 5.15 Å². The summed E-state index contributed by atoms with van der Waals surface area (Å²) in [6.45, 7) is 1.19. The predicted molar refractivity (Wildman–Crippen MR) is 79.4 cm³/mol. The first-order valence-corrected chi connectivity index (χ1v) is 8.03. The van der Waals surface area contributed by atoms with Crippen molar-refractivity contribution in [3.05, 3.63) is 47.4 Å². The number of hydrogen-bond acceptors (Lipinski definition) is 4. The van der Waals surface area contributed by atoms with Gasteiger partial charge in [-0.25, -0.2) is 13.4 Å². The molecule has 2 rings (SSSR count). The highest BCUT2D eigenvalue weighted by Gasteiger charge is 2.34. The molecule has 0 aliphatic heterocycles. The molecular formula is C13H16ClN3O3S. The predicted octanol–water partition coefficient (Wildman–Crippen LogP) is 1.26. The fraction of sp³-hybridized carbons (Fsp3) is 0.308. The van der Waals surface area contributed by atoms with E-state index < -0.39 is 22.2 Å². The van der Waals surface area contributed by atoms with Gasteiger partial charge in [-0.3, -0.25) is 0 Å². The molecule has 1 aromatic heterocycles. The minimum Gasteiger partial charge on any atom is -0.394 e. The quantitative estimate of drug-likeness (QED) is 0.865. The maximum Gasteiger partial charge on any atom is 0.262 e. The van der Waals surface area contributed by atoms with Crippen molar-refractivity contribution in [2.75, 3.05) is 6.61 Å². The summed E-state index contributed by atoms with van der Waals surface area (Å²) in [6, 6.07) is 8.82. The zero-order valence-electron chi connectivity index (χ0n) is 11.6. The van der Waals surface area contributed by atoms with Gasteiger partial charge in [0.25, 0.3) is 10.0 Å². The topological polar surface area (TPSA) is 84.2 Å². The summed E-state index contributed by atoms with van der Waals surface area (Å²) >= 11 is 5.93. The van der Waals surface area contributed by atoms with E-state index in [9.17, 15) is 13.5 Å². The molecule has 0 saturated heterocycles. The molecule has 0 spiro atoms. The fourth-order valence-electron chi connectivity index (χ4n) is 1.91. The second kappa shape index (κ2) is 5.76. The monoisotopic (exact) mass is 329 g/mol. The number of sulfonamides is 1. The smallest absolute Gasteiger partial charge is 0.262 e. The number of nitrogens with zero attached hydrogens (tertiary/aromatic N) is 2. The number of aryl methyl sites for hydroxylation is 1. The molecule has 6 nitrogen and oxygen atoms in total. The number of rotatable bonds is 5. The third-order valence-electron chi connectivity index (χ3n) is 3.18. The first-order valence-electron chi connectivity index (χ1n) is 6.17. The zero-order chi connectivity index (χ0) is 15.7. The van der Waals surface area contributed by atoms with Crippen LogP contribution < -0.4 is 4.72 Å². The first kappa shape index (κ1) is 16.0. The van der Waals surface area contributed by atoms with E-state index >= 15 is 0 Å². The number of imidazole rings is 1. The van der Waals surface area contributed by atoms with Gasteiger partial charge >= 0.3 is 0 Å². The molecule has 1 atom stereocenters. The number of aliphatic hydroxyl groups is 1. The number of nitrogens with one attached hydrogen (secondary N) is 1. The summed E-state index contributed by atoms with van der Waals surface area (Å²) in [5.41, 5.74) is -0.524. The lowest BCUT2D eigenvalue weighted by molar-refractivity contribution is 0.196. The van der Waals surface area contributed by atoms with Crippen molar-refractivity contribution in [3.8, 4) is 0 Å². The van der Waals surface area contributed by atoms with Crippen molar-refractivity contribution in [3.63, 3.8) is 0 Å². The molecule has 2 N–H and O–H groups in total. The van der Waals surface area contributed by atoms with Gasteiger partial charge < -0.3 is 9.67 Å². The Bertz CT molecular complexity index is 730. The normalized spacial score (nSPS) is 14.9. The molecule has 0 aliphatic carbocycles. The van der Waals surface area contributed by atoms with Gasteiger partial charge in [-0.05, 0) is 12.5 Å². The lowest BCUT2D eigenvalue weighted by atomic mass is 9.94. The lowest BCUT2D eigenvalue weighted by Gasteiger charge is -2.28. The first-order chi connectivity index (χ1) is 9.80. The van der Waals surface area contributed by atoms with Crippen LogP contribution in [0.3, 0.4) is 0 Å². The Hall–Kier alpha value is -1.41. The average molecular weight is 330 g/mol. The van der Waals surface area contributed by atoms with Crippen LogP contribution in [-0.4, -0.2) is 29.7 Å². The van der Waals surface area contributed by atoms with E-state index in [0.29, 0.717) is 5.56 Å². The van der Waals surface area contributed by atoms with Gasteiger partial charge in [0.1, 0.15) is 5.15 Å². The second-order valence-electron chi connectivity index (χ2n) is 4.91. The Morgan fingerprint density at radius 2 is 2.00 bits per heavy atom. The molecule has 1 heterocycles. The molecule has 0 amide bonds. The van der Waals surface area contributed by atoms with E-state index in [1.165, 1.54) is 10.9 Å². The molecule has 8 heteroatoms. The molecule has 2 aromatic rings. The molecule has 0 bridgehead atoms. The summed E-state index contributed by atoms with van der Waals surface area (Å²) in [6.07, 6.45) is 1.32. The third-order valence-corrected chi connectivity index (χ3v) is 5.26. The average Bonchev–Trinajstić information content (AvgIpc) is 2.80. The maximum absolute atomic E-state index is 12.4. The van der Waals surface area contributed by atoms with E-state index in [0.717, 1.165) is 0 Å². The summed E-state index contributed by atoms with van der Waals surface area (Å²) in [5, 5.41) is 9.39. The Kier molecular flexibility index (Phi) is 4.38. The maximum atomic E-state index is 12.4. The Labute approximate surface area is 128 Å². The molecule has 1 unspecified atom stereocenters. The Morgan fingerprint density at radius 1 is 1.38 bits per heavy atom. The van der Waals surface area contributed by atoms with Crippen LogP contribution >= 0.6 is 11.6 Å². The van der Waals surface area contributed by atoms with Crippen molar-refractivity contribution in [2.24, 2.45) is 7.05 Å². The molecule has 0 aliphatic rings. The summed E-state index contributed by atoms with van der Waals surface area (Å²) < 4.78 is 28.7. The number of hydrogen-bond donors (Lipinski definition) is 2. The summed E-state index contributed by atoms with van der Waals surface area (Å²) in [7, 11) is -2.37. The van der Waals surface area contributed by atoms with E-state index in [4.69, 9.17) is 11.6 Å². The largest absolute Gasteiger partial charge is 0.394 e. The van der Waals surface area contributed by atoms with E-state index in [-0.39, 0.29) is 10.2 Å². The van der Waals surface area contributed by atoms with Crippen LogP contribution in [0.4, 0.5) is 0 Å². The van der Waals surface area contributed by atoms with Gasteiger partial charge in [0.05, 0.1) is 18.5 Å². The number of aromatic nitrogens is 2. The van der Waals surface area contributed by atoms with Crippen molar-refractivity contribution in [2.45, 2.75) is 17.5 Å². The zero-order valence-corrected chi connectivity index (χ0v) is 13.2. The Balaban J connectivity index is 2.41. The molecule has 114 valence electrons. The summed E-state index contributed by atoms with van der Waals surface area (Å²) in [5.74, 6) is 0. The van der Waals surface area contributed by atoms with Crippen LogP contribution in [0, 0.1) is 0 Å². The minimum atomic E-state index is -3.96. The van der Waals surface area contributed by atoms with Crippen LogP contribution in [-0.2, 0) is 22.6 Å². The molecule has 0 saturated carbocycles. The molecule has 21 heavy (non-hydrogen) atoms. The summed E-state index contributed by atoms with van der Waals surface area (Å²) in [4.78, 5) is 3.80. The SMILES string of the molecule is Cn1cnc(S(=O)(=O)NC(C)(CO)c2ccccc2)c1Cl. The van der Waals surface area contributed by atoms with Gasteiger partial charge in [0, 0.05) is 7.05 Å². The molecular weight excluding hydrogens is 314 g/mol. The Morgan fingerprint density at radius 3 is 2.48 bits per heavy atom. The van der Waals surface area contributed by atoms with Crippen molar-refractivity contribution in [1.82, 2.24) is 14.3 Å². The highest BCUT2D eigenvalue weighted by atomic mass is 35.5. The highest BCUT2D eigenvalue weighted by Crippen LogP contribution is 2.25. The van der Waals surface area contributed by atoms with Crippen LogP contribution in [0.25, 0.3) is 0 Å². The van der Waals surface area contributed by atoms with Crippen LogP contribution in [0.15, 0.2) is 41.7 Å². The lowest BCUT2D eigenvalue weighted by Crippen LogP contribution is -2.46. The van der Waals surface area contributed by atoms with Gasteiger partial charge in [0.15, 0.2) is 0 Å². The van der Waals surface area contributed by atoms with Gasteiger partial charge in [-0.2, -0.15) is 4.72 Å². The standard InChI is InChI=1S/C13H16ClN3O3S/c1-13(8-18,10-6-4-3-5-7-10)16-21(19,20)12-11(14)17(2)9-15-12/h3-7,9,16,18H,8H2,1-2H3. The van der Waals surface area contributed by atoms with Crippen LogP contribution in [0.1, 0.15) is 12.5 Å². The number of benzene rings is 1. The third kappa shape index (κ3) is 3.11. The van der Waals surface area contributed by atoms with Gasteiger partial charge in [-0.15, -0.1) is 0 Å². The van der Waals surface area contributed by atoms with Crippen molar-refractivity contribution in [1.29, 1.82) is 0 Å². The van der Waals surface area contributed by atoms with E-state index in [1.54, 1.807) is 38.2 Å². The second-order valence-corrected chi connectivity index (χ2v) is 6.87. The van der Waals surface area contributed by atoms with Crippen LogP contribution in [0.5, 0.6) is 0 Å². The van der Waals surface area contributed by atoms with Gasteiger partial charge in [-0.1, -0.05) is 41.9 Å². The van der Waals surface area contributed by atoms with Crippen molar-refractivity contribution < 1.29 is 13.5 Å². The van der Waals surface area contributed by atoms with E-state index in [1.807, 2.05) is 6.07 Å². The minimum absolute atomic E-state index is 0.0100. The van der Waals surface area contributed by atoms with E-state index in [2.05, 4.69) is 9.71 Å². The highest BCUT2D eigenvalue weighted by molar-refractivity contribution is 7.89. The molecule has 0 radical (unpaired) electrons.